The van der Waals surface area contributed by atoms with Gasteiger partial charge in [-0.2, -0.15) is 0 Å². The minimum atomic E-state index is -0.555. The third-order valence-electron chi connectivity index (χ3n) is 3.03. The number of rotatable bonds is 2. The standard InChI is InChI=1S/C14H8BrCl2FN4/c15-6-3-7(13(19)20-4-6)14-21-5-10(22-14)11-8(16)1-2-9(18)12(11)17/h1-5H,(H2,19,20)(H,21,22). The zero-order valence-corrected chi connectivity index (χ0v) is 14.0. The Balaban J connectivity index is 2.13. The molecule has 112 valence electrons. The van der Waals surface area contributed by atoms with Crippen LogP contribution in [-0.2, 0) is 0 Å². The van der Waals surface area contributed by atoms with E-state index in [9.17, 15) is 4.39 Å². The maximum atomic E-state index is 13.6. The van der Waals surface area contributed by atoms with Gasteiger partial charge in [0.2, 0.25) is 0 Å². The molecule has 3 rings (SSSR count). The summed E-state index contributed by atoms with van der Waals surface area (Å²) in [6.45, 7) is 0. The third kappa shape index (κ3) is 2.69. The molecule has 3 aromatic rings. The second-order valence-corrected chi connectivity index (χ2v) is 6.15. The average Bonchev–Trinajstić information content (AvgIpc) is 2.95. The number of halogens is 4. The number of aromatic amines is 1. The van der Waals surface area contributed by atoms with Gasteiger partial charge in [-0.1, -0.05) is 23.2 Å². The monoisotopic (exact) mass is 400 g/mol. The van der Waals surface area contributed by atoms with Crippen molar-refractivity contribution in [3.63, 3.8) is 0 Å². The van der Waals surface area contributed by atoms with Gasteiger partial charge in [-0.25, -0.2) is 14.4 Å². The molecule has 2 heterocycles. The summed E-state index contributed by atoms with van der Waals surface area (Å²) in [4.78, 5) is 11.3. The Morgan fingerprint density at radius 2 is 1.95 bits per heavy atom. The molecule has 0 aliphatic rings. The number of nitrogens with one attached hydrogen (secondary N) is 1. The van der Waals surface area contributed by atoms with Crippen molar-refractivity contribution in [3.05, 3.63) is 50.9 Å². The lowest BCUT2D eigenvalue weighted by molar-refractivity contribution is 0.628. The molecule has 0 saturated carbocycles. The van der Waals surface area contributed by atoms with Gasteiger partial charge in [0.05, 0.1) is 27.5 Å². The van der Waals surface area contributed by atoms with Crippen molar-refractivity contribution in [2.45, 2.75) is 0 Å². The zero-order chi connectivity index (χ0) is 15.9. The first-order valence-corrected chi connectivity index (χ1v) is 7.62. The molecule has 0 spiro atoms. The van der Waals surface area contributed by atoms with Crippen LogP contribution in [0.5, 0.6) is 0 Å². The van der Waals surface area contributed by atoms with E-state index in [0.29, 0.717) is 33.5 Å². The molecule has 0 unspecified atom stereocenters. The van der Waals surface area contributed by atoms with Crippen molar-refractivity contribution in [3.8, 4) is 22.6 Å². The first kappa shape index (κ1) is 15.3. The number of imidazole rings is 1. The molecule has 0 bridgehead atoms. The maximum absolute atomic E-state index is 13.6. The van der Waals surface area contributed by atoms with Gasteiger partial charge in [-0.15, -0.1) is 0 Å². The molecule has 0 aliphatic carbocycles. The SMILES string of the molecule is Nc1ncc(Br)cc1-c1ncc(-c2c(Cl)ccc(F)c2Cl)[nH]1. The van der Waals surface area contributed by atoms with Crippen LogP contribution in [0.15, 0.2) is 35.1 Å². The molecule has 22 heavy (non-hydrogen) atoms. The fraction of sp³-hybridized carbons (Fsp3) is 0. The van der Waals surface area contributed by atoms with Crippen molar-refractivity contribution in [2.75, 3.05) is 5.73 Å². The maximum Gasteiger partial charge on any atom is 0.142 e. The molecule has 0 saturated heterocycles. The lowest BCUT2D eigenvalue weighted by atomic mass is 10.1. The van der Waals surface area contributed by atoms with E-state index in [4.69, 9.17) is 28.9 Å². The van der Waals surface area contributed by atoms with Crippen molar-refractivity contribution >= 4 is 44.9 Å². The Labute approximate surface area is 143 Å². The number of nitrogens with zero attached hydrogens (tertiary/aromatic N) is 2. The summed E-state index contributed by atoms with van der Waals surface area (Å²) in [5.41, 5.74) is 7.30. The van der Waals surface area contributed by atoms with Gasteiger partial charge in [0.1, 0.15) is 17.5 Å². The normalized spacial score (nSPS) is 10.9. The number of pyridine rings is 1. The van der Waals surface area contributed by atoms with E-state index in [-0.39, 0.29) is 5.02 Å². The highest BCUT2D eigenvalue weighted by Crippen LogP contribution is 2.36. The van der Waals surface area contributed by atoms with Gasteiger partial charge < -0.3 is 10.7 Å². The van der Waals surface area contributed by atoms with Gasteiger partial charge in [0.15, 0.2) is 0 Å². The molecule has 1 aromatic carbocycles. The van der Waals surface area contributed by atoms with Crippen LogP contribution in [0.3, 0.4) is 0 Å². The largest absolute Gasteiger partial charge is 0.383 e. The molecule has 0 aliphatic heterocycles. The minimum Gasteiger partial charge on any atom is -0.383 e. The molecular formula is C14H8BrCl2FN4. The first-order chi connectivity index (χ1) is 10.5. The van der Waals surface area contributed by atoms with Crippen molar-refractivity contribution in [2.24, 2.45) is 0 Å². The summed E-state index contributed by atoms with van der Waals surface area (Å²) in [5, 5.41) is 0.255. The minimum absolute atomic E-state index is 0.0666. The Kier molecular flexibility index (Phi) is 4.08. The third-order valence-corrected chi connectivity index (χ3v) is 4.15. The summed E-state index contributed by atoms with van der Waals surface area (Å²) in [6, 6.07) is 4.43. The summed E-state index contributed by atoms with van der Waals surface area (Å²) >= 11 is 15.4. The number of nitrogens with two attached hydrogens (primary N) is 1. The van der Waals surface area contributed by atoms with Gasteiger partial charge in [0.25, 0.3) is 0 Å². The van der Waals surface area contributed by atoms with Crippen LogP contribution >= 0.6 is 39.1 Å². The number of hydrogen-bond acceptors (Lipinski definition) is 3. The van der Waals surface area contributed by atoms with Gasteiger partial charge in [0, 0.05) is 16.2 Å². The van der Waals surface area contributed by atoms with Gasteiger partial charge in [-0.05, 0) is 34.1 Å². The average molecular weight is 402 g/mol. The fourth-order valence-corrected chi connectivity index (χ4v) is 2.90. The fourth-order valence-electron chi connectivity index (χ4n) is 2.00. The van der Waals surface area contributed by atoms with E-state index < -0.39 is 5.82 Å². The van der Waals surface area contributed by atoms with E-state index in [1.807, 2.05) is 0 Å². The predicted molar refractivity (Wildman–Crippen MR) is 89.3 cm³/mol. The van der Waals surface area contributed by atoms with Crippen LogP contribution in [0, 0.1) is 5.82 Å². The number of benzene rings is 1. The summed E-state index contributed by atoms with van der Waals surface area (Å²) in [7, 11) is 0. The highest BCUT2D eigenvalue weighted by molar-refractivity contribution is 9.10. The predicted octanol–water partition coefficient (Wildman–Crippen LogP) is 4.93. The van der Waals surface area contributed by atoms with Crippen LogP contribution in [0.25, 0.3) is 22.6 Å². The molecule has 0 fully saturated rings. The van der Waals surface area contributed by atoms with Crippen molar-refractivity contribution < 1.29 is 4.39 Å². The summed E-state index contributed by atoms with van der Waals surface area (Å²) < 4.78 is 14.4. The van der Waals surface area contributed by atoms with E-state index in [1.54, 1.807) is 12.3 Å². The van der Waals surface area contributed by atoms with E-state index in [0.717, 1.165) is 4.47 Å². The lowest BCUT2D eigenvalue weighted by Crippen LogP contribution is -1.95. The van der Waals surface area contributed by atoms with E-state index in [2.05, 4.69) is 30.9 Å². The quantitative estimate of drug-likeness (QED) is 0.598. The molecule has 8 heteroatoms. The van der Waals surface area contributed by atoms with Crippen molar-refractivity contribution in [1.82, 2.24) is 15.0 Å². The molecule has 0 radical (unpaired) electrons. The topological polar surface area (TPSA) is 67.6 Å². The Bertz CT molecular complexity index is 866. The smallest absolute Gasteiger partial charge is 0.142 e. The lowest BCUT2D eigenvalue weighted by Gasteiger charge is -2.06. The Morgan fingerprint density at radius 1 is 1.18 bits per heavy atom. The molecule has 0 atom stereocenters. The second-order valence-electron chi connectivity index (χ2n) is 4.45. The number of anilines is 1. The van der Waals surface area contributed by atoms with E-state index >= 15 is 0 Å². The summed E-state index contributed by atoms with van der Waals surface area (Å²) in [6.07, 6.45) is 3.10. The highest BCUT2D eigenvalue weighted by atomic mass is 79.9. The van der Waals surface area contributed by atoms with Crippen LogP contribution in [-0.4, -0.2) is 15.0 Å². The Morgan fingerprint density at radius 3 is 2.73 bits per heavy atom. The molecular weight excluding hydrogens is 394 g/mol. The zero-order valence-electron chi connectivity index (χ0n) is 10.9. The Hall–Kier alpha value is -1.63. The first-order valence-electron chi connectivity index (χ1n) is 6.07. The summed E-state index contributed by atoms with van der Waals surface area (Å²) in [5.74, 6) is 0.249. The van der Waals surface area contributed by atoms with Crippen LogP contribution in [0.2, 0.25) is 10.0 Å². The van der Waals surface area contributed by atoms with Crippen LogP contribution in [0.1, 0.15) is 0 Å². The van der Waals surface area contributed by atoms with Crippen LogP contribution in [0.4, 0.5) is 10.2 Å². The number of hydrogen-bond donors (Lipinski definition) is 2. The second kappa shape index (κ2) is 5.87. The molecule has 0 amide bonds. The van der Waals surface area contributed by atoms with Crippen LogP contribution < -0.4 is 5.73 Å². The van der Waals surface area contributed by atoms with Gasteiger partial charge >= 0.3 is 0 Å². The molecule has 2 aromatic heterocycles. The highest BCUT2D eigenvalue weighted by Gasteiger charge is 2.16. The number of aromatic nitrogens is 3. The molecule has 3 N–H and O–H groups in total. The molecule has 4 nitrogen and oxygen atoms in total. The van der Waals surface area contributed by atoms with Crippen molar-refractivity contribution in [1.29, 1.82) is 0 Å². The number of H-pyrrole nitrogens is 1. The van der Waals surface area contributed by atoms with Gasteiger partial charge in [-0.3, -0.25) is 0 Å². The van der Waals surface area contributed by atoms with E-state index in [1.165, 1.54) is 18.3 Å². The number of nitrogen functional groups attached to an aromatic ring is 1.